The van der Waals surface area contributed by atoms with E-state index in [0.29, 0.717) is 10.8 Å². The van der Waals surface area contributed by atoms with E-state index in [-0.39, 0.29) is 8.22 Å². The summed E-state index contributed by atoms with van der Waals surface area (Å²) in [5.41, 5.74) is 3.81. The van der Waals surface area contributed by atoms with Gasteiger partial charge in [0.05, 0.1) is 0 Å². The molecule has 1 aliphatic heterocycles. The van der Waals surface area contributed by atoms with Crippen molar-refractivity contribution < 1.29 is 0 Å². The Morgan fingerprint density at radius 3 is 2.55 bits per heavy atom. The van der Waals surface area contributed by atoms with Crippen LogP contribution in [0.5, 0.6) is 0 Å². The Morgan fingerprint density at radius 1 is 1.00 bits per heavy atom. The lowest BCUT2D eigenvalue weighted by atomic mass is 9.47. The predicted octanol–water partition coefficient (Wildman–Crippen LogP) is 8.51. The zero-order valence-electron chi connectivity index (χ0n) is 21.8. The van der Waals surface area contributed by atoms with Crippen LogP contribution in [0.2, 0.25) is 0 Å². The van der Waals surface area contributed by atoms with Crippen LogP contribution >= 0.6 is 26.0 Å². The predicted molar refractivity (Wildman–Crippen MR) is 150 cm³/mol. The number of allylic oxidation sites excluding steroid dienone is 2. The molecule has 4 aliphatic carbocycles. The summed E-state index contributed by atoms with van der Waals surface area (Å²) < 4.78 is 0. The third kappa shape index (κ3) is 4.80. The lowest BCUT2D eigenvalue weighted by molar-refractivity contribution is -0.0498. The van der Waals surface area contributed by atoms with E-state index >= 15 is 0 Å². The molecular formula is C27H50N3P3. The van der Waals surface area contributed by atoms with Crippen LogP contribution in [0.1, 0.15) is 105 Å². The van der Waals surface area contributed by atoms with Crippen molar-refractivity contribution in [3.05, 3.63) is 11.6 Å². The van der Waals surface area contributed by atoms with Crippen LogP contribution in [0.4, 0.5) is 0 Å². The fourth-order valence-corrected chi connectivity index (χ4v) is 14.9. The highest BCUT2D eigenvalue weighted by molar-refractivity contribution is 7.74. The number of fused-ring (bicyclic) bond motifs is 5. The van der Waals surface area contributed by atoms with Crippen molar-refractivity contribution in [2.45, 2.75) is 111 Å². The largest absolute Gasteiger partial charge is 0.254 e. The second kappa shape index (κ2) is 10.3. The van der Waals surface area contributed by atoms with Gasteiger partial charge in [-0.3, -0.25) is 14.6 Å². The van der Waals surface area contributed by atoms with E-state index in [1.165, 1.54) is 70.6 Å². The molecule has 10 atom stereocenters. The molecule has 0 spiro atoms. The molecule has 0 aromatic carbocycles. The molecular weight excluding hydrogens is 459 g/mol. The first-order chi connectivity index (χ1) is 15.8. The normalized spacial score (nSPS) is 47.8. The van der Waals surface area contributed by atoms with Crippen LogP contribution in [-0.4, -0.2) is 5.66 Å². The Hall–Kier alpha value is 0.910. The summed E-state index contributed by atoms with van der Waals surface area (Å²) in [6.07, 6.45) is 18.8. The van der Waals surface area contributed by atoms with Gasteiger partial charge >= 0.3 is 0 Å². The summed E-state index contributed by atoms with van der Waals surface area (Å²) in [4.78, 5) is 11.0. The van der Waals surface area contributed by atoms with Gasteiger partial charge in [-0.15, -0.1) is 0 Å². The quantitative estimate of drug-likeness (QED) is 0.248. The zero-order valence-corrected chi connectivity index (χ0v) is 24.7. The number of nitrogens with one attached hydrogen (secondary N) is 3. The number of rotatable bonds is 6. The highest BCUT2D eigenvalue weighted by Crippen LogP contribution is 2.68. The summed E-state index contributed by atoms with van der Waals surface area (Å²) >= 11 is 0. The van der Waals surface area contributed by atoms with E-state index in [1.54, 1.807) is 0 Å². The van der Waals surface area contributed by atoms with Crippen LogP contribution in [0, 0.1) is 46.3 Å². The highest BCUT2D eigenvalue weighted by atomic mass is 31.2. The maximum absolute atomic E-state index is 3.77. The first-order valence-corrected chi connectivity index (χ1v) is 17.5. The molecule has 0 radical (unpaired) electrons. The average molecular weight is 510 g/mol. The van der Waals surface area contributed by atoms with E-state index < -0.39 is 0 Å². The topological polar surface area (TPSA) is 36.1 Å². The minimum absolute atomic E-state index is 0.183. The molecule has 6 unspecified atom stereocenters. The van der Waals surface area contributed by atoms with E-state index in [0.717, 1.165) is 58.9 Å². The van der Waals surface area contributed by atoms with Gasteiger partial charge in [0.25, 0.3) is 0 Å². The molecule has 0 aromatic rings. The van der Waals surface area contributed by atoms with Gasteiger partial charge in [0.1, 0.15) is 0 Å². The van der Waals surface area contributed by atoms with Gasteiger partial charge in [-0.1, -0.05) is 65.5 Å². The van der Waals surface area contributed by atoms with Crippen LogP contribution < -0.4 is 14.6 Å². The molecule has 0 bridgehead atoms. The van der Waals surface area contributed by atoms with Gasteiger partial charge < -0.3 is 0 Å². The van der Waals surface area contributed by atoms with Crippen molar-refractivity contribution in [3.63, 3.8) is 0 Å². The molecule has 4 fully saturated rings. The van der Waals surface area contributed by atoms with Crippen LogP contribution in [0.3, 0.4) is 0 Å². The van der Waals surface area contributed by atoms with E-state index in [2.05, 4.69) is 55.3 Å². The third-order valence-electron chi connectivity index (χ3n) is 11.1. The van der Waals surface area contributed by atoms with Crippen molar-refractivity contribution in [2.75, 3.05) is 0 Å². The lowest BCUT2D eigenvalue weighted by Gasteiger charge is -2.59. The average Bonchev–Trinajstić information content (AvgIpc) is 3.16. The second-order valence-electron chi connectivity index (χ2n) is 13.2. The number of hydrogen-bond acceptors (Lipinski definition) is 3. The van der Waals surface area contributed by atoms with Crippen LogP contribution in [0.25, 0.3) is 0 Å². The minimum Gasteiger partial charge on any atom is -0.254 e. The van der Waals surface area contributed by atoms with Gasteiger partial charge in [0.2, 0.25) is 0 Å². The Kier molecular flexibility index (Phi) is 8.01. The van der Waals surface area contributed by atoms with E-state index in [4.69, 9.17) is 0 Å². The third-order valence-corrected chi connectivity index (χ3v) is 16.1. The maximum atomic E-state index is 3.77. The van der Waals surface area contributed by atoms with Crippen molar-refractivity contribution in [3.8, 4) is 0 Å². The molecule has 0 aromatic heterocycles. The van der Waals surface area contributed by atoms with Crippen LogP contribution in [0.15, 0.2) is 11.6 Å². The molecule has 0 amide bonds. The summed E-state index contributed by atoms with van der Waals surface area (Å²) in [6, 6.07) is 0. The Morgan fingerprint density at radius 2 is 1.79 bits per heavy atom. The number of hydrogen-bond donors (Lipinski definition) is 3. The second-order valence-corrected chi connectivity index (χ2v) is 17.9. The van der Waals surface area contributed by atoms with Crippen molar-refractivity contribution in [1.82, 2.24) is 14.6 Å². The first kappa shape index (κ1) is 25.6. The summed E-state index contributed by atoms with van der Waals surface area (Å²) in [5.74, 6) is 5.67. The highest BCUT2D eigenvalue weighted by Gasteiger charge is 2.59. The van der Waals surface area contributed by atoms with E-state index in [9.17, 15) is 0 Å². The van der Waals surface area contributed by atoms with Crippen LogP contribution in [-0.2, 0) is 0 Å². The maximum Gasteiger partial charge on any atom is 0.0464 e. The van der Waals surface area contributed by atoms with Gasteiger partial charge in [-0.05, 0) is 97.7 Å². The van der Waals surface area contributed by atoms with Crippen molar-refractivity contribution in [1.29, 1.82) is 0 Å². The standard InChI is InChI=1S/C27H50N3P3/c1-18(2)7-6-8-19(3)23-11-12-24-22-10-9-20-17-21(33-29-31-28-32-30-33)13-15-26(20,4)25(22)14-16-27(23,24)5/h9,18-19,21-25,28-32H,6-8,10-17H2,1-5H3/t19-,21?,22?,23-,24?,25?,26+,27-/m1/s1. The van der Waals surface area contributed by atoms with Gasteiger partial charge in [0.15, 0.2) is 0 Å². The molecule has 3 N–H and O–H groups in total. The first-order valence-electron chi connectivity index (χ1n) is 14.1. The SMILES string of the molecule is CC(C)CCC[C@@H](C)[C@H]1CCC2C3CC=C4CC(P5NPNPN5)CC[C@]4(C)C3CC[C@@]21C. The molecule has 188 valence electrons. The molecule has 1 heterocycles. The zero-order chi connectivity index (χ0) is 23.2. The molecule has 6 heteroatoms. The monoisotopic (exact) mass is 509 g/mol. The minimum atomic E-state index is -0.183. The summed E-state index contributed by atoms with van der Waals surface area (Å²) in [7, 11) is 1.32. The summed E-state index contributed by atoms with van der Waals surface area (Å²) in [6.45, 7) is 12.8. The smallest absolute Gasteiger partial charge is 0.0464 e. The molecule has 33 heavy (non-hydrogen) atoms. The van der Waals surface area contributed by atoms with Gasteiger partial charge in [-0.2, -0.15) is 0 Å². The Labute approximate surface area is 209 Å². The van der Waals surface area contributed by atoms with Gasteiger partial charge in [0, 0.05) is 31.6 Å². The molecule has 1 saturated heterocycles. The van der Waals surface area contributed by atoms with Gasteiger partial charge in [-0.25, -0.2) is 0 Å². The molecule has 5 rings (SSSR count). The van der Waals surface area contributed by atoms with Crippen molar-refractivity contribution >= 4 is 26.0 Å². The molecule has 3 nitrogen and oxygen atoms in total. The van der Waals surface area contributed by atoms with E-state index in [1.807, 2.05) is 5.57 Å². The Balaban J connectivity index is 1.27. The lowest BCUT2D eigenvalue weighted by Crippen LogP contribution is -2.51. The fraction of sp³-hybridized carbons (Fsp3) is 0.926. The fourth-order valence-electron chi connectivity index (χ4n) is 9.30. The Bertz CT molecular complexity index is 723. The summed E-state index contributed by atoms with van der Waals surface area (Å²) in [5, 5.41) is 0. The molecule has 5 aliphatic rings. The molecule has 3 saturated carbocycles. The van der Waals surface area contributed by atoms with Crippen molar-refractivity contribution in [2.24, 2.45) is 46.3 Å².